The van der Waals surface area contributed by atoms with Crippen LogP contribution in [0.5, 0.6) is 0 Å². The molecule has 7 heteroatoms. The predicted molar refractivity (Wildman–Crippen MR) is 111 cm³/mol. The van der Waals surface area contributed by atoms with E-state index < -0.39 is 18.1 Å². The van der Waals surface area contributed by atoms with Gasteiger partial charge in [-0.15, -0.1) is 11.8 Å². The molecule has 0 spiro atoms. The van der Waals surface area contributed by atoms with E-state index in [9.17, 15) is 14.4 Å². The van der Waals surface area contributed by atoms with Crippen LogP contribution in [0.1, 0.15) is 52.0 Å². The van der Waals surface area contributed by atoms with Crippen LogP contribution in [-0.4, -0.2) is 40.5 Å². The molecule has 3 rings (SSSR count). The second kappa shape index (κ2) is 8.45. The normalized spacial score (nSPS) is 19.8. The van der Waals surface area contributed by atoms with Gasteiger partial charge in [0.2, 0.25) is 11.7 Å². The van der Waals surface area contributed by atoms with Gasteiger partial charge in [-0.05, 0) is 62.6 Å². The number of ether oxygens (including phenoxy) is 1. The maximum absolute atomic E-state index is 12.9. The molecule has 1 aromatic carbocycles. The Morgan fingerprint density at radius 3 is 2.48 bits per heavy atom. The quantitative estimate of drug-likeness (QED) is 0.543. The minimum absolute atomic E-state index is 0.248. The number of nitrogens with zero attached hydrogens (tertiary/aromatic N) is 1. The van der Waals surface area contributed by atoms with Crippen LogP contribution in [0.3, 0.4) is 0 Å². The second-order valence-corrected chi connectivity index (χ2v) is 8.45. The van der Waals surface area contributed by atoms with Gasteiger partial charge in [-0.2, -0.15) is 0 Å². The summed E-state index contributed by atoms with van der Waals surface area (Å²) in [5.74, 6) is -0.0868. The van der Waals surface area contributed by atoms with Crippen molar-refractivity contribution in [3.05, 3.63) is 58.5 Å². The number of carbonyl (C=O) groups is 3. The van der Waals surface area contributed by atoms with Crippen molar-refractivity contribution in [1.82, 2.24) is 4.90 Å². The lowest BCUT2D eigenvalue weighted by Gasteiger charge is -2.26. The number of furan rings is 1. The molecule has 3 atom stereocenters. The molecule has 2 aromatic rings. The molecule has 0 aliphatic carbocycles. The number of ketones is 1. The van der Waals surface area contributed by atoms with Crippen LogP contribution in [0.25, 0.3) is 0 Å². The highest BCUT2D eigenvalue weighted by atomic mass is 32.2. The van der Waals surface area contributed by atoms with Gasteiger partial charge in [0.1, 0.15) is 17.2 Å². The van der Waals surface area contributed by atoms with Gasteiger partial charge in [-0.1, -0.05) is 6.07 Å². The molecule has 1 fully saturated rings. The van der Waals surface area contributed by atoms with Crippen molar-refractivity contribution in [2.75, 3.05) is 5.75 Å². The number of amides is 1. The van der Waals surface area contributed by atoms with Crippen LogP contribution >= 0.6 is 11.8 Å². The van der Waals surface area contributed by atoms with Gasteiger partial charge >= 0.3 is 5.97 Å². The summed E-state index contributed by atoms with van der Waals surface area (Å²) in [4.78, 5) is 39.4. The van der Waals surface area contributed by atoms with Crippen molar-refractivity contribution in [2.45, 2.75) is 52.1 Å². The first-order valence-electron chi connectivity index (χ1n) is 9.47. The van der Waals surface area contributed by atoms with Gasteiger partial charge in [0.05, 0.1) is 6.26 Å². The zero-order valence-corrected chi connectivity index (χ0v) is 18.0. The van der Waals surface area contributed by atoms with E-state index >= 15 is 0 Å². The monoisotopic (exact) mass is 415 g/mol. The Hall–Kier alpha value is -2.54. The van der Waals surface area contributed by atoms with E-state index in [1.165, 1.54) is 29.8 Å². The van der Waals surface area contributed by atoms with Gasteiger partial charge in [0, 0.05) is 18.2 Å². The Morgan fingerprint density at radius 1 is 1.17 bits per heavy atom. The fourth-order valence-corrected chi connectivity index (χ4v) is 4.89. The summed E-state index contributed by atoms with van der Waals surface area (Å²) >= 11 is 1.44. The van der Waals surface area contributed by atoms with Crippen LogP contribution in [0.2, 0.25) is 0 Å². The molecule has 0 bridgehead atoms. The smallest absolute Gasteiger partial charge is 0.330 e. The molecular formula is C22H25NO5S. The number of Topliss-reactive ketones (excluding diaryl/α,β-unsaturated/α-hetero) is 1. The zero-order valence-electron chi connectivity index (χ0n) is 17.2. The number of thioether (sulfide) groups is 1. The average molecular weight is 416 g/mol. The number of esters is 1. The predicted octanol–water partition coefficient (Wildman–Crippen LogP) is 3.98. The summed E-state index contributed by atoms with van der Waals surface area (Å²) in [5.41, 5.74) is 3.51. The lowest BCUT2D eigenvalue weighted by molar-refractivity contribution is -0.155. The third kappa shape index (κ3) is 4.24. The highest BCUT2D eigenvalue weighted by molar-refractivity contribution is 7.99. The van der Waals surface area contributed by atoms with Crippen LogP contribution in [0.15, 0.2) is 34.9 Å². The third-order valence-corrected chi connectivity index (χ3v) is 6.47. The van der Waals surface area contributed by atoms with Crippen LogP contribution in [0.4, 0.5) is 0 Å². The lowest BCUT2D eigenvalue weighted by atomic mass is 9.96. The van der Waals surface area contributed by atoms with Crippen molar-refractivity contribution in [3.8, 4) is 0 Å². The Balaban J connectivity index is 1.74. The van der Waals surface area contributed by atoms with Gasteiger partial charge < -0.3 is 14.1 Å². The van der Waals surface area contributed by atoms with Gasteiger partial charge in [-0.25, -0.2) is 4.79 Å². The summed E-state index contributed by atoms with van der Waals surface area (Å²) in [6, 6.07) is 6.54. The highest BCUT2D eigenvalue weighted by Gasteiger charge is 2.43. The van der Waals surface area contributed by atoms with E-state index in [4.69, 9.17) is 9.15 Å². The number of rotatable bonds is 5. The SMILES string of the molecule is CC(=O)N1[C@@H](c2ccco2)SC[C@H]1C(=O)O[C@@H](C)C(=O)c1cc(C)c(C)cc1C. The summed E-state index contributed by atoms with van der Waals surface area (Å²) < 4.78 is 10.9. The number of hydrogen-bond donors (Lipinski definition) is 0. The molecule has 0 radical (unpaired) electrons. The average Bonchev–Trinajstić information content (AvgIpc) is 3.32. The minimum atomic E-state index is -0.940. The molecule has 1 aromatic heterocycles. The molecule has 154 valence electrons. The fourth-order valence-electron chi connectivity index (χ4n) is 3.47. The van der Waals surface area contributed by atoms with E-state index in [-0.39, 0.29) is 17.1 Å². The van der Waals surface area contributed by atoms with Crippen LogP contribution < -0.4 is 0 Å². The molecule has 1 saturated heterocycles. The molecule has 1 aliphatic rings. The Kier molecular flexibility index (Phi) is 6.17. The summed E-state index contributed by atoms with van der Waals surface area (Å²) in [5, 5.41) is -0.381. The van der Waals surface area contributed by atoms with Crippen molar-refractivity contribution in [1.29, 1.82) is 0 Å². The first-order valence-corrected chi connectivity index (χ1v) is 10.5. The molecule has 0 unspecified atom stereocenters. The Morgan fingerprint density at radius 2 is 1.86 bits per heavy atom. The second-order valence-electron chi connectivity index (χ2n) is 7.34. The molecule has 2 heterocycles. The number of carbonyl (C=O) groups excluding carboxylic acids is 3. The Labute approximate surface area is 174 Å². The van der Waals surface area contributed by atoms with Crippen molar-refractivity contribution in [2.24, 2.45) is 0 Å². The van der Waals surface area contributed by atoms with Gasteiger partial charge in [0.25, 0.3) is 0 Å². The molecule has 29 heavy (non-hydrogen) atoms. The number of benzene rings is 1. The molecule has 6 nitrogen and oxygen atoms in total. The summed E-state index contributed by atoms with van der Waals surface area (Å²) in [6.07, 6.45) is 0.594. The van der Waals surface area contributed by atoms with E-state index in [1.54, 1.807) is 19.1 Å². The molecule has 1 aliphatic heterocycles. The van der Waals surface area contributed by atoms with E-state index in [0.717, 1.165) is 16.7 Å². The van der Waals surface area contributed by atoms with Crippen molar-refractivity contribution in [3.63, 3.8) is 0 Å². The first kappa shape index (κ1) is 21.2. The first-order chi connectivity index (χ1) is 13.7. The molecule has 0 saturated carbocycles. The van der Waals surface area contributed by atoms with Gasteiger partial charge in [0.15, 0.2) is 6.10 Å². The van der Waals surface area contributed by atoms with Crippen LogP contribution in [-0.2, 0) is 14.3 Å². The summed E-state index contributed by atoms with van der Waals surface area (Å²) in [7, 11) is 0. The summed E-state index contributed by atoms with van der Waals surface area (Å²) in [6.45, 7) is 8.78. The highest BCUT2D eigenvalue weighted by Crippen LogP contribution is 2.42. The fraction of sp³-hybridized carbons (Fsp3) is 0.409. The molecular weight excluding hydrogens is 390 g/mol. The maximum Gasteiger partial charge on any atom is 0.330 e. The van der Waals surface area contributed by atoms with E-state index in [1.807, 2.05) is 32.9 Å². The molecule has 0 N–H and O–H groups in total. The largest absolute Gasteiger partial charge is 0.466 e. The number of hydrogen-bond acceptors (Lipinski definition) is 6. The standard InChI is InChI=1S/C22H25NO5S/c1-12-9-14(3)17(10-13(12)2)20(25)15(4)28-22(26)18-11-29-21(23(18)16(5)24)19-7-6-8-27-19/h6-10,15,18,21H,11H2,1-5H3/t15-,18-,21+/m0/s1. The maximum atomic E-state index is 12.9. The van der Waals surface area contributed by atoms with Crippen molar-refractivity contribution < 1.29 is 23.5 Å². The van der Waals surface area contributed by atoms with E-state index in [2.05, 4.69) is 0 Å². The van der Waals surface area contributed by atoms with Crippen molar-refractivity contribution >= 4 is 29.4 Å². The lowest BCUT2D eigenvalue weighted by Crippen LogP contribution is -2.44. The Bertz CT molecular complexity index is 937. The minimum Gasteiger partial charge on any atom is -0.466 e. The zero-order chi connectivity index (χ0) is 21.3. The van der Waals surface area contributed by atoms with Crippen LogP contribution in [0, 0.1) is 20.8 Å². The third-order valence-electron chi connectivity index (χ3n) is 5.19. The molecule has 1 amide bonds. The van der Waals surface area contributed by atoms with Gasteiger partial charge in [-0.3, -0.25) is 9.59 Å². The number of aryl methyl sites for hydroxylation is 3. The van der Waals surface area contributed by atoms with E-state index in [0.29, 0.717) is 17.1 Å². The topological polar surface area (TPSA) is 76.8 Å².